The van der Waals surface area contributed by atoms with E-state index in [1.165, 1.54) is 6.92 Å². The van der Waals surface area contributed by atoms with Crippen molar-refractivity contribution >= 4 is 143 Å². The smallest absolute Gasteiger partial charge is 1.00 e. The minimum absolute atomic E-state index is 0. The molecule has 0 amide bonds. The summed E-state index contributed by atoms with van der Waals surface area (Å²) in [6.07, 6.45) is -11.4. The molecule has 0 heterocycles. The van der Waals surface area contributed by atoms with Gasteiger partial charge < -0.3 is 69.8 Å². The summed E-state index contributed by atoms with van der Waals surface area (Å²) in [5.74, 6) is -7.93. The number of rotatable bonds is 11. The van der Waals surface area contributed by atoms with E-state index in [1.807, 2.05) is 0 Å². The van der Waals surface area contributed by atoms with Crippen LogP contribution >= 0.6 is 0 Å². The topological polar surface area (TPSA) is 328 Å². The van der Waals surface area contributed by atoms with E-state index in [-0.39, 0.29) is 122 Å². The van der Waals surface area contributed by atoms with E-state index in [0.717, 1.165) is 0 Å². The van der Waals surface area contributed by atoms with E-state index in [0.29, 0.717) is 0 Å². The van der Waals surface area contributed by atoms with Crippen LogP contribution < -0.4 is 0 Å². The summed E-state index contributed by atoms with van der Waals surface area (Å²) in [7, 11) is 0. The number of aliphatic hydroxyl groups is 7. The first-order chi connectivity index (χ1) is 14.3. The number of hydrogen-bond donors (Lipinski definition) is 12. The molecule has 35 heavy (non-hydrogen) atoms. The minimum atomic E-state index is -2.74. The van der Waals surface area contributed by atoms with Crippen molar-refractivity contribution in [1.82, 2.24) is 0 Å². The Morgan fingerprint density at radius 2 is 1.03 bits per heavy atom. The predicted octanol–water partition coefficient (Wildman–Crippen LogP) is -5.76. The molecular weight excluding hydrogens is 572 g/mol. The van der Waals surface area contributed by atoms with E-state index < -0.39 is 85.4 Å². The van der Waals surface area contributed by atoms with Crippen LogP contribution in [0.25, 0.3) is 0 Å². The molecule has 0 saturated heterocycles. The summed E-state index contributed by atoms with van der Waals surface area (Å²) in [5, 5.41) is 101. The molecule has 0 aromatic rings. The van der Waals surface area contributed by atoms with Gasteiger partial charge in [-0.1, -0.05) is 0 Å². The molecule has 0 aliphatic heterocycles. The fourth-order valence-electron chi connectivity index (χ4n) is 1.38. The zero-order valence-corrected chi connectivity index (χ0v) is 25.2. The number of aliphatic hydroxyl groups excluding tert-OH is 6. The van der Waals surface area contributed by atoms with Gasteiger partial charge >= 0.3 is 143 Å². The maximum absolute atomic E-state index is 10.3. The Bertz CT molecular complexity index is 653. The molecule has 0 aromatic carbocycles. The van der Waals surface area contributed by atoms with Crippen LogP contribution in [0.1, 0.15) is 28.3 Å². The van der Waals surface area contributed by atoms with Gasteiger partial charge in [0, 0.05) is 0 Å². The number of carboxylic acids is 5. The molecule has 12 N–H and O–H groups in total. The van der Waals surface area contributed by atoms with Gasteiger partial charge in [0.2, 0.25) is 0 Å². The van der Waals surface area contributed by atoms with Gasteiger partial charge in [0.25, 0.3) is 0 Å². The fourth-order valence-corrected chi connectivity index (χ4v) is 1.38. The summed E-state index contributed by atoms with van der Waals surface area (Å²) >= 11 is 0. The zero-order valence-electron chi connectivity index (χ0n) is 24.5. The normalized spacial score (nSPS) is 13.9. The monoisotopic (exact) mass is 604 g/mol. The number of hydrogen-bond acceptors (Lipinski definition) is 12. The average Bonchev–Trinajstić information content (AvgIpc) is 2.64. The van der Waals surface area contributed by atoms with Crippen LogP contribution in [0.5, 0.6) is 0 Å². The van der Waals surface area contributed by atoms with Crippen LogP contribution in [0.2, 0.25) is 0 Å². The van der Waals surface area contributed by atoms with Crippen LogP contribution in [0.15, 0.2) is 0 Å². The number of aliphatic carboxylic acids is 5. The van der Waals surface area contributed by atoms with E-state index in [2.05, 4.69) is 0 Å². The molecule has 200 valence electrons. The second-order valence-corrected chi connectivity index (χ2v) is 6.01. The maximum Gasteiger partial charge on any atom is 2.00 e. The van der Waals surface area contributed by atoms with E-state index in [4.69, 9.17) is 61.3 Å². The molecule has 0 fully saturated rings. The Morgan fingerprint density at radius 3 is 1.20 bits per heavy atom. The van der Waals surface area contributed by atoms with Gasteiger partial charge in [-0.25, -0.2) is 14.4 Å². The molecule has 0 spiro atoms. The van der Waals surface area contributed by atoms with Gasteiger partial charge in [-0.2, -0.15) is 0 Å². The largest absolute Gasteiger partial charge is 2.00 e. The third kappa shape index (κ3) is 24.9. The summed E-state index contributed by atoms with van der Waals surface area (Å²) in [4.78, 5) is 50.0. The Morgan fingerprint density at radius 1 is 0.714 bits per heavy atom. The third-order valence-corrected chi connectivity index (χ3v) is 3.15. The second kappa shape index (κ2) is 25.1. The van der Waals surface area contributed by atoms with Crippen LogP contribution in [-0.4, -0.2) is 247 Å². The van der Waals surface area contributed by atoms with Crippen LogP contribution in [-0.2, 0) is 24.0 Å². The maximum atomic E-state index is 10.3. The van der Waals surface area contributed by atoms with Gasteiger partial charge in [-0.15, -0.1) is 0 Å². The molecular formula is C15H32Ca3O17. The molecule has 5 unspecified atom stereocenters. The number of carboxylic acid groups (broad SMARTS) is 5. The van der Waals surface area contributed by atoms with Gasteiger partial charge in [0.1, 0.15) is 24.4 Å². The fraction of sp³-hybridized carbons (Fsp3) is 0.667. The van der Waals surface area contributed by atoms with Gasteiger partial charge in [-0.3, -0.25) is 9.59 Å². The molecule has 0 rings (SSSR count). The number of carbonyl (C=O) groups is 5. The average molecular weight is 605 g/mol. The van der Waals surface area contributed by atoms with Crippen molar-refractivity contribution in [2.75, 3.05) is 6.61 Å². The third-order valence-electron chi connectivity index (χ3n) is 3.15. The van der Waals surface area contributed by atoms with Gasteiger partial charge in [0.05, 0.1) is 19.4 Å². The zero-order chi connectivity index (χ0) is 26.4. The summed E-state index contributed by atoms with van der Waals surface area (Å²) < 4.78 is 0. The van der Waals surface area contributed by atoms with Crippen molar-refractivity contribution in [3.8, 4) is 0 Å². The SMILES string of the molecule is CC(O)C(=O)O.O=C(O)C(O)C(O)C(O)C(O)CO.O=C(O)CC(O)(CC(=O)O)C(=O)O.[Ca+2].[Ca+2].[Ca+2].[H-].[H-].[H-].[H-].[H-].[H-]. The van der Waals surface area contributed by atoms with E-state index in [1.54, 1.807) is 0 Å². The molecule has 0 bridgehead atoms. The van der Waals surface area contributed by atoms with E-state index >= 15 is 0 Å². The first-order valence-electron chi connectivity index (χ1n) is 8.20. The Labute approximate surface area is 295 Å². The Hall–Kier alpha value is 0.849. The molecule has 17 nitrogen and oxygen atoms in total. The van der Waals surface area contributed by atoms with Gasteiger partial charge in [-0.05, 0) is 6.92 Å². The van der Waals surface area contributed by atoms with Crippen LogP contribution in [0, 0.1) is 0 Å². The summed E-state index contributed by atoms with van der Waals surface area (Å²) in [5.41, 5.74) is -2.74. The molecule has 0 saturated carbocycles. The second-order valence-electron chi connectivity index (χ2n) is 6.01. The standard InChI is InChI=1S/C6H8O7.C6H12O7.C3H6O3.3Ca.6H/c7-3(8)1-6(13,5(11)12)2-4(9)10;7-1-2(8)3(9)4(10)5(11)6(12)13;1-2(4)3(5)6;;;;;;;;;/h13H,1-2H2,(H,7,8)(H,9,10)(H,11,12);2-5,7-11H,1H2,(H,12,13);2,4H,1H3,(H,5,6);;;;;;;;;/q;;;3*+2;6*-1. The van der Waals surface area contributed by atoms with Crippen LogP contribution in [0.3, 0.4) is 0 Å². The molecule has 20 heteroatoms. The van der Waals surface area contributed by atoms with Crippen molar-refractivity contribution < 1.29 is 93.8 Å². The minimum Gasteiger partial charge on any atom is -1.00 e. The van der Waals surface area contributed by atoms with Crippen molar-refractivity contribution in [2.24, 2.45) is 0 Å². The molecule has 0 aliphatic carbocycles. The Balaban J connectivity index is -0.0000000290. The summed E-state index contributed by atoms with van der Waals surface area (Å²) in [6.45, 7) is 0.354. The van der Waals surface area contributed by atoms with E-state index in [9.17, 15) is 24.0 Å². The van der Waals surface area contributed by atoms with Gasteiger partial charge in [0.15, 0.2) is 11.7 Å². The quantitative estimate of drug-likeness (QED) is 0.0977. The summed E-state index contributed by atoms with van der Waals surface area (Å²) in [6, 6.07) is 0. The molecule has 0 aromatic heterocycles. The molecule has 0 radical (unpaired) electrons. The van der Waals surface area contributed by atoms with Crippen molar-refractivity contribution in [2.45, 2.75) is 55.9 Å². The first-order valence-corrected chi connectivity index (χ1v) is 8.20. The predicted molar refractivity (Wildman–Crippen MR) is 119 cm³/mol. The first kappa shape index (κ1) is 48.9. The van der Waals surface area contributed by atoms with Crippen molar-refractivity contribution in [3.63, 3.8) is 0 Å². The van der Waals surface area contributed by atoms with Crippen molar-refractivity contribution in [1.29, 1.82) is 0 Å². The molecule has 5 atom stereocenters. The van der Waals surface area contributed by atoms with Crippen molar-refractivity contribution in [3.05, 3.63) is 0 Å². The molecule has 0 aliphatic rings. The Kier molecular flexibility index (Phi) is 35.1. The van der Waals surface area contributed by atoms with Crippen LogP contribution in [0.4, 0.5) is 0 Å².